The molecule has 0 bridgehead atoms. The summed E-state index contributed by atoms with van der Waals surface area (Å²) >= 11 is 0. The van der Waals surface area contributed by atoms with Gasteiger partial charge in [0, 0.05) is 12.3 Å². The van der Waals surface area contributed by atoms with Crippen molar-refractivity contribution in [3.63, 3.8) is 0 Å². The lowest BCUT2D eigenvalue weighted by Gasteiger charge is -2.14. The van der Waals surface area contributed by atoms with Crippen LogP contribution >= 0.6 is 0 Å². The van der Waals surface area contributed by atoms with Gasteiger partial charge in [0.25, 0.3) is 0 Å². The Labute approximate surface area is 107 Å². The summed E-state index contributed by atoms with van der Waals surface area (Å²) in [6.07, 6.45) is 3.64. The van der Waals surface area contributed by atoms with Crippen LogP contribution in [0.4, 0.5) is 0 Å². The molecule has 2 amide bonds. The van der Waals surface area contributed by atoms with Crippen LogP contribution in [0.5, 0.6) is 0 Å². The maximum atomic E-state index is 12.1. The molecular formula is C15H17NO2. The molecule has 0 N–H and O–H groups in total. The van der Waals surface area contributed by atoms with Gasteiger partial charge in [-0.25, -0.2) is 0 Å². The van der Waals surface area contributed by atoms with Gasteiger partial charge in [-0.3, -0.25) is 14.5 Å². The molecule has 1 atom stereocenters. The van der Waals surface area contributed by atoms with E-state index < -0.39 is 0 Å². The van der Waals surface area contributed by atoms with E-state index in [1.807, 2.05) is 30.3 Å². The molecule has 0 radical (unpaired) electrons. The zero-order valence-electron chi connectivity index (χ0n) is 10.3. The maximum Gasteiger partial charge on any atom is 0.233 e. The van der Waals surface area contributed by atoms with Crippen LogP contribution in [0.2, 0.25) is 0 Å². The second-order valence-corrected chi connectivity index (χ2v) is 4.57. The molecule has 1 saturated heterocycles. The minimum absolute atomic E-state index is 0.0364. The first-order valence-electron chi connectivity index (χ1n) is 6.21. The molecule has 3 heteroatoms. The Morgan fingerprint density at radius 2 is 2.00 bits per heavy atom. The quantitative estimate of drug-likeness (QED) is 0.588. The summed E-state index contributed by atoms with van der Waals surface area (Å²) in [4.78, 5) is 25.3. The predicted molar refractivity (Wildman–Crippen MR) is 69.5 cm³/mol. The number of amides is 2. The van der Waals surface area contributed by atoms with Crippen molar-refractivity contribution in [1.82, 2.24) is 4.90 Å². The van der Waals surface area contributed by atoms with Crippen LogP contribution in [0.1, 0.15) is 24.8 Å². The van der Waals surface area contributed by atoms with Gasteiger partial charge in [-0.05, 0) is 18.4 Å². The minimum atomic E-state index is -0.154. The molecule has 0 aromatic heterocycles. The third kappa shape index (κ3) is 2.67. The van der Waals surface area contributed by atoms with E-state index in [0.717, 1.165) is 18.4 Å². The topological polar surface area (TPSA) is 37.4 Å². The van der Waals surface area contributed by atoms with Gasteiger partial charge < -0.3 is 0 Å². The highest BCUT2D eigenvalue weighted by atomic mass is 16.2. The van der Waals surface area contributed by atoms with Crippen LogP contribution in [0.3, 0.4) is 0 Å². The number of likely N-dealkylation sites (tertiary alicyclic amines) is 1. The average molecular weight is 243 g/mol. The summed E-state index contributed by atoms with van der Waals surface area (Å²) in [5.74, 6) is -0.247. The number of imide groups is 1. The fraction of sp³-hybridized carbons (Fsp3) is 0.333. The lowest BCUT2D eigenvalue weighted by Crippen LogP contribution is -2.30. The lowest BCUT2D eigenvalue weighted by molar-refractivity contribution is -0.140. The average Bonchev–Trinajstić information content (AvgIpc) is 2.65. The van der Waals surface area contributed by atoms with Crippen LogP contribution in [-0.4, -0.2) is 16.7 Å². The number of carbonyl (C=O) groups is 2. The molecule has 1 aromatic carbocycles. The SMILES string of the molecule is C=CCC[C@@H]1CC(=O)N(Cc2ccccc2)C1=O. The van der Waals surface area contributed by atoms with Crippen molar-refractivity contribution in [2.75, 3.05) is 0 Å². The monoisotopic (exact) mass is 243 g/mol. The number of nitrogens with zero attached hydrogens (tertiary/aromatic N) is 1. The molecule has 94 valence electrons. The summed E-state index contributed by atoms with van der Waals surface area (Å²) in [5.41, 5.74) is 0.989. The van der Waals surface area contributed by atoms with Crippen molar-refractivity contribution in [2.45, 2.75) is 25.8 Å². The minimum Gasteiger partial charge on any atom is -0.278 e. The van der Waals surface area contributed by atoms with Gasteiger partial charge in [0.15, 0.2) is 0 Å². The highest BCUT2D eigenvalue weighted by Crippen LogP contribution is 2.25. The predicted octanol–water partition coefficient (Wildman–Crippen LogP) is 2.53. The Balaban J connectivity index is 2.03. The lowest BCUT2D eigenvalue weighted by atomic mass is 10.0. The zero-order chi connectivity index (χ0) is 13.0. The van der Waals surface area contributed by atoms with Crippen LogP contribution in [-0.2, 0) is 16.1 Å². The molecular weight excluding hydrogens is 226 g/mol. The van der Waals surface area contributed by atoms with Crippen LogP contribution in [0.15, 0.2) is 43.0 Å². The molecule has 0 unspecified atom stereocenters. The summed E-state index contributed by atoms with van der Waals surface area (Å²) in [6, 6.07) is 9.60. The second kappa shape index (κ2) is 5.63. The number of benzene rings is 1. The molecule has 2 rings (SSSR count). The largest absolute Gasteiger partial charge is 0.278 e. The molecule has 3 nitrogen and oxygen atoms in total. The standard InChI is InChI=1S/C15H17NO2/c1-2-3-9-13-10-14(17)16(15(13)18)11-12-7-5-4-6-8-12/h2,4-8,13H,1,3,9-11H2/t13-/m1/s1. The van der Waals surface area contributed by atoms with Gasteiger partial charge in [0.2, 0.25) is 11.8 Å². The Morgan fingerprint density at radius 1 is 1.28 bits per heavy atom. The van der Waals surface area contributed by atoms with E-state index >= 15 is 0 Å². The molecule has 0 saturated carbocycles. The van der Waals surface area contributed by atoms with Gasteiger partial charge in [-0.1, -0.05) is 36.4 Å². The van der Waals surface area contributed by atoms with Crippen molar-refractivity contribution < 1.29 is 9.59 Å². The molecule has 0 aliphatic carbocycles. The normalized spacial score (nSPS) is 19.3. The van der Waals surface area contributed by atoms with Crippen molar-refractivity contribution >= 4 is 11.8 Å². The number of allylic oxidation sites excluding steroid dienone is 1. The van der Waals surface area contributed by atoms with Gasteiger partial charge in [-0.15, -0.1) is 6.58 Å². The zero-order valence-corrected chi connectivity index (χ0v) is 10.3. The smallest absolute Gasteiger partial charge is 0.233 e. The Hall–Kier alpha value is -1.90. The van der Waals surface area contributed by atoms with Gasteiger partial charge in [0.1, 0.15) is 0 Å². The highest BCUT2D eigenvalue weighted by molar-refractivity contribution is 6.03. The molecule has 1 aliphatic heterocycles. The number of carbonyl (C=O) groups excluding carboxylic acids is 2. The van der Waals surface area contributed by atoms with E-state index in [0.29, 0.717) is 13.0 Å². The molecule has 1 aromatic rings. The van der Waals surface area contributed by atoms with E-state index in [2.05, 4.69) is 6.58 Å². The van der Waals surface area contributed by atoms with Gasteiger partial charge in [0.05, 0.1) is 6.54 Å². The van der Waals surface area contributed by atoms with Crippen molar-refractivity contribution in [1.29, 1.82) is 0 Å². The molecule has 1 heterocycles. The molecule has 0 spiro atoms. The number of rotatable bonds is 5. The molecule has 1 aliphatic rings. The Kier molecular flexibility index (Phi) is 3.92. The summed E-state index contributed by atoms with van der Waals surface area (Å²) < 4.78 is 0. The van der Waals surface area contributed by atoms with Crippen molar-refractivity contribution in [3.05, 3.63) is 48.6 Å². The van der Waals surface area contributed by atoms with Crippen molar-refractivity contribution in [2.24, 2.45) is 5.92 Å². The second-order valence-electron chi connectivity index (χ2n) is 4.57. The third-order valence-electron chi connectivity index (χ3n) is 3.24. The Bertz CT molecular complexity index is 453. The first-order chi connectivity index (χ1) is 8.72. The first kappa shape index (κ1) is 12.6. The van der Waals surface area contributed by atoms with E-state index in [-0.39, 0.29) is 17.7 Å². The van der Waals surface area contributed by atoms with Crippen molar-refractivity contribution in [3.8, 4) is 0 Å². The van der Waals surface area contributed by atoms with Crippen LogP contribution < -0.4 is 0 Å². The van der Waals surface area contributed by atoms with E-state index in [9.17, 15) is 9.59 Å². The molecule has 1 fully saturated rings. The highest BCUT2D eigenvalue weighted by Gasteiger charge is 2.37. The maximum absolute atomic E-state index is 12.1. The van der Waals surface area contributed by atoms with Crippen LogP contribution in [0, 0.1) is 5.92 Å². The fourth-order valence-electron chi connectivity index (χ4n) is 2.23. The fourth-order valence-corrected chi connectivity index (χ4v) is 2.23. The molecule has 18 heavy (non-hydrogen) atoms. The van der Waals surface area contributed by atoms with Crippen LogP contribution in [0.25, 0.3) is 0 Å². The number of hydrogen-bond acceptors (Lipinski definition) is 2. The summed E-state index contributed by atoms with van der Waals surface area (Å²) in [7, 11) is 0. The Morgan fingerprint density at radius 3 is 2.67 bits per heavy atom. The van der Waals surface area contributed by atoms with Gasteiger partial charge in [-0.2, -0.15) is 0 Å². The van der Waals surface area contributed by atoms with Gasteiger partial charge >= 0.3 is 0 Å². The first-order valence-corrected chi connectivity index (χ1v) is 6.21. The summed E-state index contributed by atoms with van der Waals surface area (Å²) in [5, 5.41) is 0. The third-order valence-corrected chi connectivity index (χ3v) is 3.24. The van der Waals surface area contributed by atoms with E-state index in [1.54, 1.807) is 6.08 Å². The van der Waals surface area contributed by atoms with E-state index in [4.69, 9.17) is 0 Å². The van der Waals surface area contributed by atoms with E-state index in [1.165, 1.54) is 4.90 Å². The number of hydrogen-bond donors (Lipinski definition) is 0. The summed E-state index contributed by atoms with van der Waals surface area (Å²) in [6.45, 7) is 4.03.